The van der Waals surface area contributed by atoms with Gasteiger partial charge >= 0.3 is 0 Å². The molecule has 0 aliphatic carbocycles. The molecule has 2 aromatic carbocycles. The number of aromatic nitrogens is 4. The summed E-state index contributed by atoms with van der Waals surface area (Å²) in [5.41, 5.74) is 2.40. The smallest absolute Gasteiger partial charge is 0.266 e. The lowest BCUT2D eigenvalue weighted by atomic mass is 10.1. The minimum Gasteiger partial charge on any atom is -0.266 e. The molecule has 4 aromatic rings. The lowest BCUT2D eigenvalue weighted by Crippen LogP contribution is -2.17. The second-order valence-corrected chi connectivity index (χ2v) is 5.85. The van der Waals surface area contributed by atoms with E-state index in [2.05, 4.69) is 27.3 Å². The van der Waals surface area contributed by atoms with E-state index in [0.717, 1.165) is 18.5 Å². The van der Waals surface area contributed by atoms with Crippen molar-refractivity contribution in [3.63, 3.8) is 0 Å². The van der Waals surface area contributed by atoms with Crippen LogP contribution in [-0.2, 0) is 6.42 Å². The Morgan fingerprint density at radius 3 is 2.50 bits per heavy atom. The maximum absolute atomic E-state index is 12.6. The van der Waals surface area contributed by atoms with Crippen molar-refractivity contribution in [3.05, 3.63) is 89.1 Å². The topological polar surface area (TPSA) is 65.1 Å². The Labute approximate surface area is 150 Å². The van der Waals surface area contributed by atoms with Crippen molar-refractivity contribution in [1.29, 1.82) is 0 Å². The maximum atomic E-state index is 12.6. The molecule has 6 nitrogen and oxygen atoms in total. The van der Waals surface area contributed by atoms with Crippen molar-refractivity contribution >= 4 is 17.2 Å². The Balaban J connectivity index is 1.57. The summed E-state index contributed by atoms with van der Waals surface area (Å²) in [5, 5.41) is 8.97. The molecule has 2 aromatic heterocycles. The van der Waals surface area contributed by atoms with Crippen molar-refractivity contribution in [2.75, 3.05) is 0 Å². The summed E-state index contributed by atoms with van der Waals surface area (Å²) in [5.74, 6) is 0. The molecular weight excluding hydrogens is 326 g/mol. The Morgan fingerprint density at radius 1 is 1.00 bits per heavy atom. The van der Waals surface area contributed by atoms with Crippen LogP contribution in [0.25, 0.3) is 16.7 Å². The summed E-state index contributed by atoms with van der Waals surface area (Å²) >= 11 is 0. The molecule has 0 N–H and O–H groups in total. The van der Waals surface area contributed by atoms with Crippen LogP contribution in [0.15, 0.2) is 83.1 Å². The quantitative estimate of drug-likeness (QED) is 0.523. The van der Waals surface area contributed by atoms with Crippen molar-refractivity contribution in [2.45, 2.75) is 12.8 Å². The number of hydrogen-bond donors (Lipinski definition) is 0. The van der Waals surface area contributed by atoms with E-state index in [1.54, 1.807) is 10.9 Å². The zero-order chi connectivity index (χ0) is 17.8. The first-order valence-electron chi connectivity index (χ1n) is 8.40. The van der Waals surface area contributed by atoms with Crippen molar-refractivity contribution in [2.24, 2.45) is 5.10 Å². The fourth-order valence-electron chi connectivity index (χ4n) is 2.76. The molecule has 0 aliphatic rings. The van der Waals surface area contributed by atoms with Gasteiger partial charge in [-0.2, -0.15) is 14.9 Å². The first-order chi connectivity index (χ1) is 12.8. The SMILES string of the molecule is O=c1c2cnn(-c3ccccc3)c2ncn1/N=C\CCc1ccccc1. The van der Waals surface area contributed by atoms with E-state index in [-0.39, 0.29) is 5.56 Å². The summed E-state index contributed by atoms with van der Waals surface area (Å²) in [6.07, 6.45) is 6.33. The van der Waals surface area contributed by atoms with Crippen LogP contribution in [0.4, 0.5) is 0 Å². The summed E-state index contributed by atoms with van der Waals surface area (Å²) in [6, 6.07) is 19.8. The minimum absolute atomic E-state index is 0.229. The minimum atomic E-state index is -0.229. The number of hydrogen-bond acceptors (Lipinski definition) is 4. The Kier molecular flexibility index (Phi) is 4.38. The number of aryl methyl sites for hydroxylation is 1. The standard InChI is InChI=1S/C20H17N5O/c26-20-18-14-23-25(17-11-5-2-6-12-17)19(18)21-15-24(20)22-13-7-10-16-8-3-1-4-9-16/h1-6,8-9,11-15H,7,10H2/b22-13-. The maximum Gasteiger partial charge on any atom is 0.285 e. The summed E-state index contributed by atoms with van der Waals surface area (Å²) in [7, 11) is 0. The van der Waals surface area contributed by atoms with Gasteiger partial charge in [0.05, 0.1) is 11.9 Å². The highest BCUT2D eigenvalue weighted by molar-refractivity contribution is 5.75. The molecule has 6 heteroatoms. The normalized spacial score (nSPS) is 11.4. The monoisotopic (exact) mass is 343 g/mol. The van der Waals surface area contributed by atoms with Crippen LogP contribution in [0.5, 0.6) is 0 Å². The Bertz CT molecular complexity index is 1100. The Hall–Kier alpha value is -3.54. The third kappa shape index (κ3) is 3.17. The van der Waals surface area contributed by atoms with Gasteiger partial charge in [0.1, 0.15) is 11.7 Å². The van der Waals surface area contributed by atoms with Crippen LogP contribution < -0.4 is 5.56 Å². The van der Waals surface area contributed by atoms with Crippen molar-refractivity contribution in [1.82, 2.24) is 19.4 Å². The molecule has 0 unspecified atom stereocenters. The second-order valence-electron chi connectivity index (χ2n) is 5.85. The molecule has 26 heavy (non-hydrogen) atoms. The largest absolute Gasteiger partial charge is 0.285 e. The zero-order valence-electron chi connectivity index (χ0n) is 14.1. The van der Waals surface area contributed by atoms with Gasteiger partial charge in [0, 0.05) is 6.21 Å². The molecule has 0 bridgehead atoms. The van der Waals surface area contributed by atoms with E-state index >= 15 is 0 Å². The van der Waals surface area contributed by atoms with E-state index in [1.165, 1.54) is 22.8 Å². The van der Waals surface area contributed by atoms with E-state index in [4.69, 9.17) is 0 Å². The van der Waals surface area contributed by atoms with Crippen LogP contribution in [-0.4, -0.2) is 25.7 Å². The zero-order valence-corrected chi connectivity index (χ0v) is 14.1. The van der Waals surface area contributed by atoms with E-state index in [9.17, 15) is 4.79 Å². The Morgan fingerprint density at radius 2 is 1.73 bits per heavy atom. The molecule has 0 fully saturated rings. The van der Waals surface area contributed by atoms with Crippen LogP contribution >= 0.6 is 0 Å². The number of para-hydroxylation sites is 1. The van der Waals surface area contributed by atoms with Gasteiger partial charge in [0.15, 0.2) is 5.65 Å². The molecule has 2 heterocycles. The molecule has 0 saturated carbocycles. The molecule has 0 saturated heterocycles. The average molecular weight is 343 g/mol. The second kappa shape index (κ2) is 7.14. The molecule has 0 radical (unpaired) electrons. The van der Waals surface area contributed by atoms with Crippen molar-refractivity contribution in [3.8, 4) is 5.69 Å². The van der Waals surface area contributed by atoms with Crippen LogP contribution in [0.2, 0.25) is 0 Å². The predicted octanol–water partition coefficient (Wildman–Crippen LogP) is 3.05. The molecule has 4 rings (SSSR count). The lowest BCUT2D eigenvalue weighted by molar-refractivity contribution is 0.803. The lowest BCUT2D eigenvalue weighted by Gasteiger charge is -2.02. The highest BCUT2D eigenvalue weighted by Crippen LogP contribution is 2.12. The average Bonchev–Trinajstić information content (AvgIpc) is 3.13. The third-order valence-electron chi connectivity index (χ3n) is 4.08. The van der Waals surface area contributed by atoms with Gasteiger partial charge in [-0.05, 0) is 30.5 Å². The highest BCUT2D eigenvalue weighted by Gasteiger charge is 2.10. The van der Waals surface area contributed by atoms with Crippen LogP contribution in [0.3, 0.4) is 0 Å². The van der Waals surface area contributed by atoms with Gasteiger partial charge in [-0.15, -0.1) is 0 Å². The van der Waals surface area contributed by atoms with Crippen molar-refractivity contribution < 1.29 is 0 Å². The van der Waals surface area contributed by atoms with Gasteiger partial charge < -0.3 is 0 Å². The molecule has 0 spiro atoms. The van der Waals surface area contributed by atoms with Crippen LogP contribution in [0, 0.1) is 0 Å². The molecule has 0 aliphatic heterocycles. The van der Waals surface area contributed by atoms with Gasteiger partial charge in [-0.25, -0.2) is 9.67 Å². The number of benzene rings is 2. The molecule has 128 valence electrons. The third-order valence-corrected chi connectivity index (χ3v) is 4.08. The van der Waals surface area contributed by atoms with E-state index in [1.807, 2.05) is 48.5 Å². The number of fused-ring (bicyclic) bond motifs is 1. The fourth-order valence-corrected chi connectivity index (χ4v) is 2.76. The molecule has 0 atom stereocenters. The first kappa shape index (κ1) is 16.0. The number of nitrogens with zero attached hydrogens (tertiary/aromatic N) is 5. The summed E-state index contributed by atoms with van der Waals surface area (Å²) in [4.78, 5) is 17.0. The first-order valence-corrected chi connectivity index (χ1v) is 8.40. The van der Waals surface area contributed by atoms with Gasteiger partial charge in [0.25, 0.3) is 5.56 Å². The van der Waals surface area contributed by atoms with Gasteiger partial charge in [-0.3, -0.25) is 4.79 Å². The van der Waals surface area contributed by atoms with Gasteiger partial charge in [0.2, 0.25) is 0 Å². The number of rotatable bonds is 5. The van der Waals surface area contributed by atoms with E-state index in [0.29, 0.717) is 11.0 Å². The van der Waals surface area contributed by atoms with Gasteiger partial charge in [-0.1, -0.05) is 48.5 Å². The van der Waals surface area contributed by atoms with Crippen LogP contribution in [0.1, 0.15) is 12.0 Å². The molecular formula is C20H17N5O. The summed E-state index contributed by atoms with van der Waals surface area (Å²) < 4.78 is 2.91. The highest BCUT2D eigenvalue weighted by atomic mass is 16.1. The summed E-state index contributed by atoms with van der Waals surface area (Å²) in [6.45, 7) is 0. The van der Waals surface area contributed by atoms with E-state index < -0.39 is 0 Å². The fraction of sp³-hybridized carbons (Fsp3) is 0.100. The predicted molar refractivity (Wildman–Crippen MR) is 102 cm³/mol. The molecule has 0 amide bonds.